The predicted octanol–water partition coefficient (Wildman–Crippen LogP) is 3.40. The fourth-order valence-corrected chi connectivity index (χ4v) is 5.04. The Morgan fingerprint density at radius 2 is 2.03 bits per heavy atom. The first-order chi connectivity index (χ1) is 17.3. The summed E-state index contributed by atoms with van der Waals surface area (Å²) in [4.78, 5) is 28.9. The van der Waals surface area contributed by atoms with Gasteiger partial charge in [0.1, 0.15) is 5.52 Å². The Morgan fingerprint density at radius 1 is 1.22 bits per heavy atom. The molecule has 3 aromatic rings. The lowest BCUT2D eigenvalue weighted by molar-refractivity contribution is -0.0357. The van der Waals surface area contributed by atoms with Crippen molar-refractivity contribution in [3.8, 4) is 11.5 Å². The average molecular weight is 494 g/mol. The van der Waals surface area contributed by atoms with Crippen molar-refractivity contribution >= 4 is 23.1 Å². The highest BCUT2D eigenvalue weighted by atomic mass is 19.1. The number of hydrogen-bond donors (Lipinski definition) is 2. The van der Waals surface area contributed by atoms with Crippen LogP contribution in [-0.2, 0) is 6.42 Å². The quantitative estimate of drug-likeness (QED) is 0.581. The number of likely N-dealkylation sites (tertiary alicyclic amines) is 1. The molecular formula is C26H28FN5O4. The summed E-state index contributed by atoms with van der Waals surface area (Å²) in [7, 11) is 0. The first-order valence-corrected chi connectivity index (χ1v) is 12.4. The van der Waals surface area contributed by atoms with E-state index in [1.165, 1.54) is 6.20 Å². The molecule has 0 radical (unpaired) electrons. The molecule has 3 amide bonds. The van der Waals surface area contributed by atoms with Gasteiger partial charge in [-0.2, -0.15) is 5.10 Å². The number of aromatic nitrogens is 2. The zero-order valence-electron chi connectivity index (χ0n) is 20.2. The van der Waals surface area contributed by atoms with Crippen molar-refractivity contribution in [3.05, 3.63) is 53.1 Å². The molecule has 2 N–H and O–H groups in total. The number of aliphatic hydroxyl groups excluding tert-OH is 1. The van der Waals surface area contributed by atoms with E-state index in [0.29, 0.717) is 59.6 Å². The van der Waals surface area contributed by atoms with Crippen molar-refractivity contribution in [3.63, 3.8) is 0 Å². The van der Waals surface area contributed by atoms with E-state index in [1.807, 2.05) is 0 Å². The summed E-state index contributed by atoms with van der Waals surface area (Å²) in [6.45, 7) is 4.44. The molecule has 2 aliphatic heterocycles. The Balaban J connectivity index is 1.31. The third kappa shape index (κ3) is 3.67. The second-order valence-corrected chi connectivity index (χ2v) is 9.88. The minimum absolute atomic E-state index is 0.0549. The molecule has 1 saturated heterocycles. The fourth-order valence-electron chi connectivity index (χ4n) is 5.04. The van der Waals surface area contributed by atoms with Gasteiger partial charge in [-0.05, 0) is 57.2 Å². The summed E-state index contributed by atoms with van der Waals surface area (Å²) in [5.74, 6) is -0.253. The summed E-state index contributed by atoms with van der Waals surface area (Å²) in [5.41, 5.74) is 2.72. The van der Waals surface area contributed by atoms with Crippen LogP contribution in [0.2, 0.25) is 0 Å². The van der Waals surface area contributed by atoms with Gasteiger partial charge in [0.05, 0.1) is 29.6 Å². The van der Waals surface area contributed by atoms with Crippen LogP contribution >= 0.6 is 0 Å². The summed E-state index contributed by atoms with van der Waals surface area (Å²) in [6.07, 6.45) is 5.80. The number of aliphatic hydroxyl groups is 1. The molecule has 1 saturated carbocycles. The van der Waals surface area contributed by atoms with E-state index in [1.54, 1.807) is 52.6 Å². The molecule has 2 aromatic heterocycles. The standard InChI is InChI=1S/C26H28FN5O4/c1-14-18(25(34)31-13-20(33)15(31)2)12-32-24(14)22(9-10-28-32)36-21-8-7-19-17(23(21)27)4-3-11-30(19)26(35)29-16-5-6-16/h7-10,12,15-16,20,33H,3-6,11,13H2,1-2H3,(H,29,35)/t15-,20-/m1/s1. The van der Waals surface area contributed by atoms with Crippen LogP contribution in [0.5, 0.6) is 11.5 Å². The largest absolute Gasteiger partial charge is 0.452 e. The van der Waals surface area contributed by atoms with Crippen LogP contribution in [0.4, 0.5) is 14.9 Å². The van der Waals surface area contributed by atoms with Crippen LogP contribution in [0.3, 0.4) is 0 Å². The van der Waals surface area contributed by atoms with Gasteiger partial charge < -0.3 is 20.1 Å². The number of rotatable bonds is 4. The number of hydrogen-bond acceptors (Lipinski definition) is 5. The summed E-state index contributed by atoms with van der Waals surface area (Å²) >= 11 is 0. The number of aryl methyl sites for hydroxylation is 1. The maximum Gasteiger partial charge on any atom is 0.322 e. The van der Waals surface area contributed by atoms with Gasteiger partial charge in [-0.15, -0.1) is 0 Å². The number of nitrogens with zero attached hydrogens (tertiary/aromatic N) is 4. The zero-order valence-corrected chi connectivity index (χ0v) is 20.2. The van der Waals surface area contributed by atoms with E-state index >= 15 is 4.39 Å². The lowest BCUT2D eigenvalue weighted by atomic mass is 9.99. The maximum absolute atomic E-state index is 15.6. The maximum atomic E-state index is 15.6. The topological polar surface area (TPSA) is 99.4 Å². The molecule has 36 heavy (non-hydrogen) atoms. The zero-order chi connectivity index (χ0) is 25.1. The van der Waals surface area contributed by atoms with Gasteiger partial charge in [0.25, 0.3) is 5.91 Å². The second-order valence-electron chi connectivity index (χ2n) is 9.88. The monoisotopic (exact) mass is 493 g/mol. The third-order valence-corrected chi connectivity index (χ3v) is 7.47. The minimum Gasteiger partial charge on any atom is -0.452 e. The number of halogens is 1. The molecule has 0 spiro atoms. The highest BCUT2D eigenvalue weighted by molar-refractivity contribution is 5.99. The Kier molecular flexibility index (Phi) is 5.36. The van der Waals surface area contributed by atoms with Crippen molar-refractivity contribution in [2.45, 2.75) is 57.7 Å². The first kappa shape index (κ1) is 22.8. The van der Waals surface area contributed by atoms with Gasteiger partial charge in [-0.25, -0.2) is 13.7 Å². The van der Waals surface area contributed by atoms with Crippen molar-refractivity contribution in [1.82, 2.24) is 19.8 Å². The number of carbonyl (C=O) groups is 2. The van der Waals surface area contributed by atoms with E-state index in [-0.39, 0.29) is 29.8 Å². The van der Waals surface area contributed by atoms with Crippen molar-refractivity contribution < 1.29 is 23.8 Å². The molecule has 10 heteroatoms. The molecule has 188 valence electrons. The Morgan fingerprint density at radius 3 is 2.75 bits per heavy atom. The number of anilines is 1. The molecule has 4 heterocycles. The number of ether oxygens (including phenoxy) is 1. The van der Waals surface area contributed by atoms with Crippen molar-refractivity contribution in [2.24, 2.45) is 0 Å². The Hall–Kier alpha value is -3.66. The SMILES string of the molecule is Cc1c(C(=O)N2C[C@@H](O)[C@H]2C)cn2nccc(Oc3ccc4c(c3F)CCCN4C(=O)NC3CC3)c12. The van der Waals surface area contributed by atoms with Gasteiger partial charge in [-0.1, -0.05) is 0 Å². The highest BCUT2D eigenvalue weighted by Crippen LogP contribution is 2.38. The predicted molar refractivity (Wildman–Crippen MR) is 130 cm³/mol. The average Bonchev–Trinajstić information content (AvgIpc) is 3.63. The minimum atomic E-state index is -0.522. The van der Waals surface area contributed by atoms with Gasteiger partial charge in [0.2, 0.25) is 0 Å². The molecule has 1 aliphatic carbocycles. The molecule has 6 rings (SSSR count). The van der Waals surface area contributed by atoms with Gasteiger partial charge in [-0.3, -0.25) is 9.69 Å². The highest BCUT2D eigenvalue weighted by Gasteiger charge is 2.39. The van der Waals surface area contributed by atoms with Crippen molar-refractivity contribution in [2.75, 3.05) is 18.0 Å². The second kappa shape index (κ2) is 8.48. The Labute approximate surface area is 207 Å². The lowest BCUT2D eigenvalue weighted by Crippen LogP contribution is -2.60. The van der Waals surface area contributed by atoms with Gasteiger partial charge in [0, 0.05) is 37.0 Å². The molecule has 3 aliphatic rings. The summed E-state index contributed by atoms with van der Waals surface area (Å²) in [5, 5.41) is 17.1. The van der Waals surface area contributed by atoms with E-state index in [4.69, 9.17) is 4.74 Å². The van der Waals surface area contributed by atoms with Crippen LogP contribution in [0, 0.1) is 12.7 Å². The molecule has 1 aromatic carbocycles. The van der Waals surface area contributed by atoms with E-state index in [9.17, 15) is 14.7 Å². The van der Waals surface area contributed by atoms with Crippen LogP contribution in [0.15, 0.2) is 30.6 Å². The summed E-state index contributed by atoms with van der Waals surface area (Å²) in [6, 6.07) is 4.70. The van der Waals surface area contributed by atoms with Crippen LogP contribution in [0.1, 0.15) is 47.7 Å². The number of amides is 3. The smallest absolute Gasteiger partial charge is 0.322 e. The number of fused-ring (bicyclic) bond motifs is 2. The fraction of sp³-hybridized carbons (Fsp3) is 0.423. The summed E-state index contributed by atoms with van der Waals surface area (Å²) < 4.78 is 23.2. The molecular weight excluding hydrogens is 465 g/mol. The van der Waals surface area contributed by atoms with E-state index < -0.39 is 11.9 Å². The van der Waals surface area contributed by atoms with Crippen LogP contribution in [-0.4, -0.2) is 62.8 Å². The number of carbonyl (C=O) groups excluding carboxylic acids is 2. The lowest BCUT2D eigenvalue weighted by Gasteiger charge is -2.43. The molecule has 9 nitrogen and oxygen atoms in total. The third-order valence-electron chi connectivity index (χ3n) is 7.47. The van der Waals surface area contributed by atoms with E-state index in [2.05, 4.69) is 10.4 Å². The van der Waals surface area contributed by atoms with Crippen molar-refractivity contribution in [1.29, 1.82) is 0 Å². The first-order valence-electron chi connectivity index (χ1n) is 12.4. The number of β-amino-alcohol motifs (C(OH)–C–C–N with tert-alkyl or cyclic N) is 1. The number of nitrogens with one attached hydrogen (secondary N) is 1. The normalized spacial score (nSPS) is 21.2. The van der Waals surface area contributed by atoms with Gasteiger partial charge >= 0.3 is 6.03 Å². The van der Waals surface area contributed by atoms with Crippen LogP contribution < -0.4 is 15.0 Å². The Bertz CT molecular complexity index is 1380. The van der Waals surface area contributed by atoms with Gasteiger partial charge in [0.15, 0.2) is 17.3 Å². The molecule has 2 atom stereocenters. The molecule has 0 unspecified atom stereocenters. The van der Waals surface area contributed by atoms with Crippen LogP contribution in [0.25, 0.3) is 5.52 Å². The van der Waals surface area contributed by atoms with E-state index in [0.717, 1.165) is 12.8 Å². The number of benzene rings is 1. The molecule has 0 bridgehead atoms. The molecule has 2 fully saturated rings. The number of urea groups is 1.